The molecule has 5 heteroatoms. The van der Waals surface area contributed by atoms with Crippen LogP contribution in [0.25, 0.3) is 0 Å². The molecule has 0 saturated carbocycles. The fraction of sp³-hybridized carbons (Fsp3) is 0.250. The van der Waals surface area contributed by atoms with Crippen LogP contribution in [0.2, 0.25) is 0 Å². The summed E-state index contributed by atoms with van der Waals surface area (Å²) < 4.78 is 17.0. The van der Waals surface area contributed by atoms with Crippen LogP contribution in [-0.2, 0) is 0 Å². The van der Waals surface area contributed by atoms with E-state index in [0.717, 1.165) is 32.8 Å². The Kier molecular flexibility index (Phi) is 5.53. The first-order valence-electron chi connectivity index (χ1n) is 6.30. The lowest BCUT2D eigenvalue weighted by atomic mass is 10.0. The summed E-state index contributed by atoms with van der Waals surface area (Å²) >= 11 is 7.20. The van der Waals surface area contributed by atoms with Crippen LogP contribution in [0, 0.1) is 0 Å². The number of methoxy groups -OCH3 is 3. The number of benzene rings is 2. The third-order valence-electron chi connectivity index (χ3n) is 3.16. The van der Waals surface area contributed by atoms with Crippen molar-refractivity contribution in [3.63, 3.8) is 0 Å². The SMILES string of the molecule is COc1cccc(C(Br)c2cc(OC)c(Br)cc2OC)c1. The Bertz CT molecular complexity index is 629. The lowest BCUT2D eigenvalue weighted by Gasteiger charge is -2.17. The molecule has 0 saturated heterocycles. The molecule has 1 unspecified atom stereocenters. The highest BCUT2D eigenvalue weighted by Gasteiger charge is 2.18. The molecule has 2 aromatic carbocycles. The van der Waals surface area contributed by atoms with Gasteiger partial charge in [0.1, 0.15) is 17.2 Å². The summed E-state index contributed by atoms with van der Waals surface area (Å²) in [5, 5.41) is 0. The smallest absolute Gasteiger partial charge is 0.133 e. The van der Waals surface area contributed by atoms with Crippen LogP contribution < -0.4 is 14.2 Å². The fourth-order valence-electron chi connectivity index (χ4n) is 2.06. The number of hydrogen-bond donors (Lipinski definition) is 0. The molecule has 1 atom stereocenters. The van der Waals surface area contributed by atoms with Crippen LogP contribution in [0.1, 0.15) is 16.0 Å². The monoisotopic (exact) mass is 414 g/mol. The van der Waals surface area contributed by atoms with Crippen molar-refractivity contribution in [2.24, 2.45) is 0 Å². The van der Waals surface area contributed by atoms with E-state index in [2.05, 4.69) is 31.9 Å². The van der Waals surface area contributed by atoms with Gasteiger partial charge in [0, 0.05) is 5.56 Å². The van der Waals surface area contributed by atoms with Gasteiger partial charge in [0.2, 0.25) is 0 Å². The number of hydrogen-bond acceptors (Lipinski definition) is 3. The van der Waals surface area contributed by atoms with Crippen LogP contribution >= 0.6 is 31.9 Å². The molecule has 0 spiro atoms. The van der Waals surface area contributed by atoms with E-state index in [4.69, 9.17) is 14.2 Å². The maximum atomic E-state index is 5.48. The molecule has 0 bridgehead atoms. The largest absolute Gasteiger partial charge is 0.497 e. The molecule has 0 radical (unpaired) electrons. The van der Waals surface area contributed by atoms with Gasteiger partial charge < -0.3 is 14.2 Å². The highest BCUT2D eigenvalue weighted by molar-refractivity contribution is 9.10. The van der Waals surface area contributed by atoms with Crippen molar-refractivity contribution in [1.82, 2.24) is 0 Å². The van der Waals surface area contributed by atoms with Crippen molar-refractivity contribution < 1.29 is 14.2 Å². The molecule has 0 aliphatic carbocycles. The highest BCUT2D eigenvalue weighted by Crippen LogP contribution is 2.42. The Balaban J connectivity index is 2.48. The van der Waals surface area contributed by atoms with Gasteiger partial charge in [0.05, 0.1) is 30.6 Å². The van der Waals surface area contributed by atoms with Gasteiger partial charge in [-0.15, -0.1) is 0 Å². The maximum Gasteiger partial charge on any atom is 0.133 e. The first kappa shape index (κ1) is 16.2. The fourth-order valence-corrected chi connectivity index (χ4v) is 3.19. The summed E-state index contributed by atoms with van der Waals surface area (Å²) in [6.45, 7) is 0. The zero-order chi connectivity index (χ0) is 15.4. The predicted octanol–water partition coefficient (Wildman–Crippen LogP) is 4.96. The molecule has 3 nitrogen and oxygen atoms in total. The Labute approximate surface area is 141 Å². The van der Waals surface area contributed by atoms with Crippen LogP contribution in [-0.4, -0.2) is 21.3 Å². The molecular formula is C16H16Br2O3. The molecule has 0 aliphatic heterocycles. The molecule has 112 valence electrons. The lowest BCUT2D eigenvalue weighted by Crippen LogP contribution is -1.99. The molecule has 0 aliphatic rings. The molecule has 0 amide bonds. The number of rotatable bonds is 5. The standard InChI is InChI=1S/C16H16Br2O3/c1-19-11-6-4-5-10(7-11)16(18)12-8-15(21-3)13(17)9-14(12)20-2/h4-9,16H,1-3H3. The zero-order valence-corrected chi connectivity index (χ0v) is 15.2. The topological polar surface area (TPSA) is 27.7 Å². The summed E-state index contributed by atoms with van der Waals surface area (Å²) in [6.07, 6.45) is 0. The van der Waals surface area contributed by atoms with Crippen molar-refractivity contribution in [3.8, 4) is 17.2 Å². The summed E-state index contributed by atoms with van der Waals surface area (Å²) in [5.41, 5.74) is 2.07. The molecule has 0 heterocycles. The quantitative estimate of drug-likeness (QED) is 0.646. The first-order valence-corrected chi connectivity index (χ1v) is 8.01. The van der Waals surface area contributed by atoms with E-state index in [1.807, 2.05) is 36.4 Å². The normalized spacial score (nSPS) is 11.9. The van der Waals surface area contributed by atoms with Gasteiger partial charge in [-0.25, -0.2) is 0 Å². The lowest BCUT2D eigenvalue weighted by molar-refractivity contribution is 0.397. The van der Waals surface area contributed by atoms with Gasteiger partial charge in [-0.3, -0.25) is 0 Å². The summed E-state index contributed by atoms with van der Waals surface area (Å²) in [7, 11) is 4.96. The summed E-state index contributed by atoms with van der Waals surface area (Å²) in [4.78, 5) is -0.0236. The minimum absolute atomic E-state index is 0.0236. The minimum Gasteiger partial charge on any atom is -0.497 e. The van der Waals surface area contributed by atoms with Crippen LogP contribution in [0.4, 0.5) is 0 Å². The molecular weight excluding hydrogens is 400 g/mol. The molecule has 21 heavy (non-hydrogen) atoms. The van der Waals surface area contributed by atoms with E-state index in [9.17, 15) is 0 Å². The van der Waals surface area contributed by atoms with Gasteiger partial charge in [0.25, 0.3) is 0 Å². The van der Waals surface area contributed by atoms with E-state index in [1.54, 1.807) is 21.3 Å². The molecule has 0 aromatic heterocycles. The average molecular weight is 416 g/mol. The van der Waals surface area contributed by atoms with E-state index in [-0.39, 0.29) is 4.83 Å². The van der Waals surface area contributed by atoms with Gasteiger partial charge in [-0.1, -0.05) is 28.1 Å². The van der Waals surface area contributed by atoms with E-state index >= 15 is 0 Å². The molecule has 0 fully saturated rings. The van der Waals surface area contributed by atoms with Gasteiger partial charge >= 0.3 is 0 Å². The second-order valence-corrected chi connectivity index (χ2v) is 6.14. The second-order valence-electron chi connectivity index (χ2n) is 4.37. The summed E-state index contributed by atoms with van der Waals surface area (Å²) in [5.74, 6) is 2.37. The highest BCUT2D eigenvalue weighted by atomic mass is 79.9. The van der Waals surface area contributed by atoms with Crippen molar-refractivity contribution in [3.05, 3.63) is 52.0 Å². The first-order chi connectivity index (χ1) is 10.1. The Morgan fingerprint density at radius 1 is 0.905 bits per heavy atom. The number of alkyl halides is 1. The van der Waals surface area contributed by atoms with Crippen molar-refractivity contribution in [1.29, 1.82) is 0 Å². The van der Waals surface area contributed by atoms with Crippen LogP contribution in [0.3, 0.4) is 0 Å². The van der Waals surface area contributed by atoms with Crippen molar-refractivity contribution >= 4 is 31.9 Å². The maximum absolute atomic E-state index is 5.48. The molecule has 2 rings (SSSR count). The predicted molar refractivity (Wildman–Crippen MR) is 91.0 cm³/mol. The molecule has 0 N–H and O–H groups in total. The third-order valence-corrected chi connectivity index (χ3v) is 4.81. The van der Waals surface area contributed by atoms with E-state index < -0.39 is 0 Å². The van der Waals surface area contributed by atoms with Gasteiger partial charge in [-0.2, -0.15) is 0 Å². The Morgan fingerprint density at radius 3 is 2.24 bits per heavy atom. The van der Waals surface area contributed by atoms with Crippen LogP contribution in [0.15, 0.2) is 40.9 Å². The second kappa shape index (κ2) is 7.18. The third kappa shape index (κ3) is 3.52. The van der Waals surface area contributed by atoms with Crippen LogP contribution in [0.5, 0.6) is 17.2 Å². The van der Waals surface area contributed by atoms with Gasteiger partial charge in [0.15, 0.2) is 0 Å². The molecule has 2 aromatic rings. The number of halogens is 2. The van der Waals surface area contributed by atoms with Crippen molar-refractivity contribution in [2.75, 3.05) is 21.3 Å². The number of ether oxygens (including phenoxy) is 3. The van der Waals surface area contributed by atoms with E-state index in [1.165, 1.54) is 0 Å². The summed E-state index contributed by atoms with van der Waals surface area (Å²) in [6, 6.07) is 11.8. The Morgan fingerprint density at radius 2 is 1.62 bits per heavy atom. The van der Waals surface area contributed by atoms with E-state index in [0.29, 0.717) is 0 Å². The minimum atomic E-state index is -0.0236. The average Bonchev–Trinajstić information content (AvgIpc) is 2.53. The zero-order valence-electron chi connectivity index (χ0n) is 12.0. The Hall–Kier alpha value is -1.20. The van der Waals surface area contributed by atoms with Gasteiger partial charge in [-0.05, 0) is 45.8 Å². The van der Waals surface area contributed by atoms with Crippen molar-refractivity contribution in [2.45, 2.75) is 4.83 Å².